The Hall–Kier alpha value is -3.38. The highest BCUT2D eigenvalue weighted by atomic mass is 79.9. The molecule has 29 heavy (non-hydrogen) atoms. The van der Waals surface area contributed by atoms with E-state index in [1.54, 1.807) is 23.6 Å². The molecule has 0 radical (unpaired) electrons. The molecule has 0 aliphatic heterocycles. The molecule has 0 aliphatic rings. The van der Waals surface area contributed by atoms with Crippen molar-refractivity contribution in [2.75, 3.05) is 12.1 Å². The fourth-order valence-electron chi connectivity index (χ4n) is 2.75. The first-order valence-corrected chi connectivity index (χ1v) is 9.86. The lowest BCUT2D eigenvalue weighted by Crippen LogP contribution is -2.12. The van der Waals surface area contributed by atoms with E-state index < -0.39 is 0 Å². The molecule has 6 heteroatoms. The smallest absolute Gasteiger partial charge is 0.162 e. The molecule has 0 N–H and O–H groups in total. The number of benzene rings is 2. The fourth-order valence-corrected chi connectivity index (χ4v) is 3.01. The lowest BCUT2D eigenvalue weighted by molar-refractivity contribution is 0.972. The van der Waals surface area contributed by atoms with Crippen molar-refractivity contribution in [1.29, 1.82) is 0 Å². The zero-order valence-electron chi connectivity index (χ0n) is 15.8. The van der Waals surface area contributed by atoms with Gasteiger partial charge in [0.2, 0.25) is 0 Å². The Labute approximate surface area is 177 Å². The summed E-state index contributed by atoms with van der Waals surface area (Å²) >= 11 is 3.48. The van der Waals surface area contributed by atoms with Gasteiger partial charge in [-0.2, -0.15) is 5.10 Å². The summed E-state index contributed by atoms with van der Waals surface area (Å²) in [5.41, 5.74) is 3.73. The molecule has 2 aromatic heterocycles. The van der Waals surface area contributed by atoms with Crippen LogP contribution in [0.5, 0.6) is 0 Å². The van der Waals surface area contributed by atoms with E-state index in [9.17, 15) is 0 Å². The lowest BCUT2D eigenvalue weighted by atomic mass is 10.1. The zero-order chi connectivity index (χ0) is 20.1. The molecule has 0 saturated heterocycles. The van der Waals surface area contributed by atoms with Crippen molar-refractivity contribution in [2.45, 2.75) is 0 Å². The predicted octanol–water partition coefficient (Wildman–Crippen LogP) is 5.44. The first kappa shape index (κ1) is 19.0. The van der Waals surface area contributed by atoms with Gasteiger partial charge >= 0.3 is 0 Å². The number of rotatable bonds is 5. The topological polar surface area (TPSA) is 54.3 Å². The molecule has 0 aliphatic carbocycles. The second kappa shape index (κ2) is 8.75. The van der Waals surface area contributed by atoms with Crippen LogP contribution in [0.4, 0.5) is 5.82 Å². The summed E-state index contributed by atoms with van der Waals surface area (Å²) in [6.07, 6.45) is 5.26. The predicted molar refractivity (Wildman–Crippen MR) is 121 cm³/mol. The number of aromatic nitrogens is 3. The highest BCUT2D eigenvalue weighted by Crippen LogP contribution is 2.26. The van der Waals surface area contributed by atoms with Gasteiger partial charge in [0.05, 0.1) is 11.9 Å². The van der Waals surface area contributed by atoms with Crippen LogP contribution in [0.25, 0.3) is 22.6 Å². The normalized spacial score (nSPS) is 11.0. The van der Waals surface area contributed by atoms with Crippen molar-refractivity contribution in [2.24, 2.45) is 5.10 Å². The molecule has 0 amide bonds. The number of hydrogen-bond acceptors (Lipinski definition) is 5. The summed E-state index contributed by atoms with van der Waals surface area (Å²) in [5, 5.41) is 6.26. The van der Waals surface area contributed by atoms with Crippen molar-refractivity contribution in [1.82, 2.24) is 15.0 Å². The van der Waals surface area contributed by atoms with Gasteiger partial charge < -0.3 is 0 Å². The number of halogens is 1. The largest absolute Gasteiger partial charge is 0.264 e. The second-order valence-corrected chi connectivity index (χ2v) is 7.28. The van der Waals surface area contributed by atoms with Crippen LogP contribution in [0, 0.1) is 0 Å². The molecule has 0 spiro atoms. The SMILES string of the molecule is CN(/N=C\c1cccnc1)c1cc(-c2ccccc2)nc(-c2ccc(Br)cc2)n1. The standard InChI is InChI=1S/C23H18BrN5/c1-29(26-16-17-6-5-13-25-15-17)22-14-21(18-7-3-2-4-8-18)27-23(28-22)19-9-11-20(24)12-10-19/h2-16H,1H3/b26-16-. The van der Waals surface area contributed by atoms with Gasteiger partial charge in [-0.05, 0) is 18.2 Å². The minimum atomic E-state index is 0.650. The van der Waals surface area contributed by atoms with Crippen LogP contribution in [0.3, 0.4) is 0 Å². The first-order chi connectivity index (χ1) is 14.2. The van der Waals surface area contributed by atoms with E-state index in [4.69, 9.17) is 9.97 Å². The Balaban J connectivity index is 1.75. The van der Waals surface area contributed by atoms with Crippen molar-refractivity contribution in [3.05, 3.63) is 95.2 Å². The van der Waals surface area contributed by atoms with Crippen LogP contribution < -0.4 is 5.01 Å². The molecular weight excluding hydrogens is 426 g/mol. The minimum absolute atomic E-state index is 0.650. The van der Waals surface area contributed by atoms with Crippen molar-refractivity contribution < 1.29 is 0 Å². The first-order valence-electron chi connectivity index (χ1n) is 9.07. The molecule has 5 nitrogen and oxygen atoms in total. The van der Waals surface area contributed by atoms with Crippen LogP contribution in [0.2, 0.25) is 0 Å². The number of hydrogen-bond donors (Lipinski definition) is 0. The average molecular weight is 444 g/mol. The molecule has 4 rings (SSSR count). The minimum Gasteiger partial charge on any atom is -0.264 e. The Morgan fingerprint density at radius 3 is 2.41 bits per heavy atom. The Bertz CT molecular complexity index is 1110. The van der Waals surface area contributed by atoms with E-state index in [0.717, 1.165) is 26.9 Å². The maximum Gasteiger partial charge on any atom is 0.162 e. The molecule has 142 valence electrons. The van der Waals surface area contributed by atoms with Gasteiger partial charge in [-0.15, -0.1) is 0 Å². The molecule has 0 fully saturated rings. The summed E-state index contributed by atoms with van der Waals surface area (Å²) in [5.74, 6) is 1.36. The van der Waals surface area contributed by atoms with E-state index in [0.29, 0.717) is 11.6 Å². The van der Waals surface area contributed by atoms with Gasteiger partial charge in [0.25, 0.3) is 0 Å². The number of nitrogens with zero attached hydrogens (tertiary/aromatic N) is 5. The average Bonchev–Trinajstić information content (AvgIpc) is 2.79. The molecule has 0 unspecified atom stereocenters. The van der Waals surface area contributed by atoms with E-state index in [1.807, 2.05) is 79.8 Å². The number of anilines is 1. The van der Waals surface area contributed by atoms with Crippen molar-refractivity contribution in [3.63, 3.8) is 0 Å². The van der Waals surface area contributed by atoms with Crippen LogP contribution in [-0.4, -0.2) is 28.2 Å². The highest BCUT2D eigenvalue weighted by Gasteiger charge is 2.11. The van der Waals surface area contributed by atoms with E-state index >= 15 is 0 Å². The maximum atomic E-state index is 4.79. The summed E-state index contributed by atoms with van der Waals surface area (Å²) in [6.45, 7) is 0. The monoisotopic (exact) mass is 443 g/mol. The zero-order valence-corrected chi connectivity index (χ0v) is 17.4. The van der Waals surface area contributed by atoms with Crippen molar-refractivity contribution in [3.8, 4) is 22.6 Å². The van der Waals surface area contributed by atoms with Gasteiger partial charge in [-0.1, -0.05) is 64.5 Å². The van der Waals surface area contributed by atoms with Crippen LogP contribution in [0.1, 0.15) is 5.56 Å². The molecule has 2 aromatic carbocycles. The lowest BCUT2D eigenvalue weighted by Gasteiger charge is -2.15. The number of pyridine rings is 1. The van der Waals surface area contributed by atoms with Crippen molar-refractivity contribution >= 4 is 28.0 Å². The van der Waals surface area contributed by atoms with Gasteiger partial charge in [-0.3, -0.25) is 9.99 Å². The molecule has 0 atom stereocenters. The van der Waals surface area contributed by atoms with Crippen LogP contribution in [-0.2, 0) is 0 Å². The molecule has 4 aromatic rings. The van der Waals surface area contributed by atoms with Gasteiger partial charge in [-0.25, -0.2) is 9.97 Å². The number of hydrazone groups is 1. The second-order valence-electron chi connectivity index (χ2n) is 6.36. The molecular formula is C23H18BrN5. The molecule has 2 heterocycles. The maximum absolute atomic E-state index is 4.79. The highest BCUT2D eigenvalue weighted by molar-refractivity contribution is 9.10. The van der Waals surface area contributed by atoms with E-state index in [2.05, 4.69) is 26.0 Å². The van der Waals surface area contributed by atoms with Gasteiger partial charge in [0.1, 0.15) is 0 Å². The van der Waals surface area contributed by atoms with E-state index in [-0.39, 0.29) is 0 Å². The molecule has 0 bridgehead atoms. The van der Waals surface area contributed by atoms with Gasteiger partial charge in [0, 0.05) is 46.7 Å². The summed E-state index contributed by atoms with van der Waals surface area (Å²) in [7, 11) is 1.87. The Morgan fingerprint density at radius 1 is 0.897 bits per heavy atom. The van der Waals surface area contributed by atoms with Gasteiger partial charge in [0.15, 0.2) is 11.6 Å². The third-order valence-electron chi connectivity index (χ3n) is 4.28. The van der Waals surface area contributed by atoms with Crippen LogP contribution in [0.15, 0.2) is 94.8 Å². The third-order valence-corrected chi connectivity index (χ3v) is 4.81. The summed E-state index contributed by atoms with van der Waals surface area (Å²) in [6, 6.07) is 23.8. The Kier molecular flexibility index (Phi) is 5.72. The summed E-state index contributed by atoms with van der Waals surface area (Å²) in [4.78, 5) is 13.6. The fraction of sp³-hybridized carbons (Fsp3) is 0.0435. The Morgan fingerprint density at radius 2 is 1.69 bits per heavy atom. The van der Waals surface area contributed by atoms with Crippen LogP contribution >= 0.6 is 15.9 Å². The molecule has 0 saturated carbocycles. The third kappa shape index (κ3) is 4.73. The summed E-state index contributed by atoms with van der Waals surface area (Å²) < 4.78 is 1.01. The van der Waals surface area contributed by atoms with E-state index in [1.165, 1.54) is 0 Å². The quantitative estimate of drug-likeness (QED) is 0.304.